The number of imide groups is 1. The number of rotatable bonds is 2. The van der Waals surface area contributed by atoms with Crippen molar-refractivity contribution in [2.45, 2.75) is 6.54 Å². The van der Waals surface area contributed by atoms with Gasteiger partial charge in [0.2, 0.25) is 5.71 Å². The molecule has 2 aromatic heterocycles. The largest absolute Gasteiger partial charge is 0.441 e. The SMILES string of the molecule is O=C1c2ccccc2C(=O)N1Cc1cc2cc(Br)cnc2o1. The molecule has 0 aliphatic carbocycles. The smallest absolute Gasteiger partial charge is 0.261 e. The van der Waals surface area contributed by atoms with Gasteiger partial charge in [-0.05, 0) is 40.2 Å². The summed E-state index contributed by atoms with van der Waals surface area (Å²) in [6, 6.07) is 10.5. The summed E-state index contributed by atoms with van der Waals surface area (Å²) in [5.41, 5.74) is 1.35. The summed E-state index contributed by atoms with van der Waals surface area (Å²) in [6.45, 7) is 0.0975. The average Bonchev–Trinajstić information content (AvgIpc) is 3.02. The molecule has 6 heteroatoms. The number of halogens is 1. The fraction of sp³-hybridized carbons (Fsp3) is 0.0625. The molecular weight excluding hydrogens is 348 g/mol. The highest BCUT2D eigenvalue weighted by atomic mass is 79.9. The predicted octanol–water partition coefficient (Wildman–Crippen LogP) is 3.39. The minimum Gasteiger partial charge on any atom is -0.441 e. The number of carbonyl (C=O) groups excluding carboxylic acids is 2. The molecule has 5 nitrogen and oxygen atoms in total. The molecule has 22 heavy (non-hydrogen) atoms. The molecule has 1 aliphatic rings. The lowest BCUT2D eigenvalue weighted by Gasteiger charge is -2.11. The zero-order chi connectivity index (χ0) is 15.3. The number of nitrogens with zero attached hydrogens (tertiary/aromatic N) is 2. The first kappa shape index (κ1) is 13.2. The zero-order valence-corrected chi connectivity index (χ0v) is 12.8. The molecule has 4 rings (SSSR count). The van der Waals surface area contributed by atoms with Crippen LogP contribution in [0.2, 0.25) is 0 Å². The van der Waals surface area contributed by atoms with Gasteiger partial charge in [0.25, 0.3) is 11.8 Å². The molecule has 0 fully saturated rings. The molecular formula is C16H9BrN2O3. The average molecular weight is 357 g/mol. The van der Waals surface area contributed by atoms with E-state index in [1.807, 2.05) is 6.07 Å². The second kappa shape index (κ2) is 4.78. The van der Waals surface area contributed by atoms with Crippen molar-refractivity contribution >= 4 is 38.8 Å². The number of pyridine rings is 1. The third-order valence-electron chi connectivity index (χ3n) is 3.58. The molecule has 3 heterocycles. The van der Waals surface area contributed by atoms with Crippen molar-refractivity contribution < 1.29 is 14.0 Å². The number of hydrogen-bond donors (Lipinski definition) is 0. The molecule has 0 saturated carbocycles. The lowest BCUT2D eigenvalue weighted by Crippen LogP contribution is -2.28. The third-order valence-corrected chi connectivity index (χ3v) is 4.02. The highest BCUT2D eigenvalue weighted by molar-refractivity contribution is 9.10. The van der Waals surface area contributed by atoms with E-state index >= 15 is 0 Å². The first-order chi connectivity index (χ1) is 10.6. The number of benzene rings is 1. The van der Waals surface area contributed by atoms with Gasteiger partial charge in [0.1, 0.15) is 5.76 Å². The molecule has 0 spiro atoms. The molecule has 0 unspecified atom stereocenters. The minimum absolute atomic E-state index is 0.0975. The first-order valence-electron chi connectivity index (χ1n) is 6.63. The van der Waals surface area contributed by atoms with Gasteiger partial charge in [0, 0.05) is 16.1 Å². The second-order valence-electron chi connectivity index (χ2n) is 5.00. The van der Waals surface area contributed by atoms with Crippen molar-refractivity contribution in [3.05, 3.63) is 64.0 Å². The van der Waals surface area contributed by atoms with E-state index in [2.05, 4.69) is 20.9 Å². The Kier molecular flexibility index (Phi) is 2.87. The Bertz CT molecular complexity index is 897. The van der Waals surface area contributed by atoms with Crippen molar-refractivity contribution in [1.29, 1.82) is 0 Å². The van der Waals surface area contributed by atoms with Crippen LogP contribution in [0, 0.1) is 0 Å². The van der Waals surface area contributed by atoms with E-state index in [9.17, 15) is 9.59 Å². The second-order valence-corrected chi connectivity index (χ2v) is 5.92. The van der Waals surface area contributed by atoms with Crippen molar-refractivity contribution in [2.75, 3.05) is 0 Å². The molecule has 3 aromatic rings. The van der Waals surface area contributed by atoms with Crippen LogP contribution >= 0.6 is 15.9 Å². The third kappa shape index (κ3) is 1.95. The summed E-state index contributed by atoms with van der Waals surface area (Å²) in [4.78, 5) is 30.0. The maximum absolute atomic E-state index is 12.3. The number of aromatic nitrogens is 1. The van der Waals surface area contributed by atoms with Crippen LogP contribution in [0.1, 0.15) is 26.5 Å². The number of carbonyl (C=O) groups is 2. The fourth-order valence-electron chi connectivity index (χ4n) is 2.57. The van der Waals surface area contributed by atoms with Crippen molar-refractivity contribution in [2.24, 2.45) is 0 Å². The monoisotopic (exact) mass is 356 g/mol. The van der Waals surface area contributed by atoms with Crippen LogP contribution in [0.15, 0.2) is 51.5 Å². The van der Waals surface area contributed by atoms with Gasteiger partial charge in [0.05, 0.1) is 17.7 Å². The van der Waals surface area contributed by atoms with Crippen LogP contribution in [0.4, 0.5) is 0 Å². The van der Waals surface area contributed by atoms with Gasteiger partial charge >= 0.3 is 0 Å². The van der Waals surface area contributed by atoms with Crippen LogP contribution in [0.25, 0.3) is 11.1 Å². The fourth-order valence-corrected chi connectivity index (χ4v) is 2.92. The van der Waals surface area contributed by atoms with Gasteiger partial charge in [0.15, 0.2) is 0 Å². The molecule has 0 N–H and O–H groups in total. The van der Waals surface area contributed by atoms with E-state index in [4.69, 9.17) is 4.42 Å². The van der Waals surface area contributed by atoms with E-state index in [-0.39, 0.29) is 18.4 Å². The summed E-state index contributed by atoms with van der Waals surface area (Å²) in [5.74, 6) is -0.0690. The van der Waals surface area contributed by atoms with Gasteiger partial charge in [-0.1, -0.05) is 12.1 Å². The minimum atomic E-state index is -0.296. The summed E-state index contributed by atoms with van der Waals surface area (Å²) in [6.07, 6.45) is 1.64. The molecule has 1 aromatic carbocycles. The lowest BCUT2D eigenvalue weighted by atomic mass is 10.1. The number of hydrogen-bond acceptors (Lipinski definition) is 4. The molecule has 0 saturated heterocycles. The van der Waals surface area contributed by atoms with Crippen LogP contribution in [-0.2, 0) is 6.54 Å². The van der Waals surface area contributed by atoms with E-state index in [0.717, 1.165) is 9.86 Å². The Morgan fingerprint density at radius 1 is 1.09 bits per heavy atom. The Labute approximate surface area is 133 Å². The zero-order valence-electron chi connectivity index (χ0n) is 11.2. The Balaban J connectivity index is 1.69. The number of fused-ring (bicyclic) bond motifs is 2. The van der Waals surface area contributed by atoms with E-state index < -0.39 is 0 Å². The molecule has 0 atom stereocenters. The predicted molar refractivity (Wildman–Crippen MR) is 82.4 cm³/mol. The first-order valence-corrected chi connectivity index (χ1v) is 7.42. The molecule has 0 bridgehead atoms. The Morgan fingerprint density at radius 3 is 2.45 bits per heavy atom. The number of amides is 2. The van der Waals surface area contributed by atoms with E-state index in [0.29, 0.717) is 22.6 Å². The van der Waals surface area contributed by atoms with Crippen molar-refractivity contribution in [3.63, 3.8) is 0 Å². The van der Waals surface area contributed by atoms with Crippen molar-refractivity contribution in [1.82, 2.24) is 9.88 Å². The van der Waals surface area contributed by atoms with Crippen LogP contribution in [0.3, 0.4) is 0 Å². The quantitative estimate of drug-likeness (QED) is 0.660. The van der Waals surface area contributed by atoms with Gasteiger partial charge in [-0.2, -0.15) is 0 Å². The van der Waals surface area contributed by atoms with Gasteiger partial charge in [-0.25, -0.2) is 4.98 Å². The van der Waals surface area contributed by atoms with E-state index in [1.165, 1.54) is 4.90 Å². The summed E-state index contributed by atoms with van der Waals surface area (Å²) < 4.78 is 6.44. The highest BCUT2D eigenvalue weighted by Crippen LogP contribution is 2.26. The summed E-state index contributed by atoms with van der Waals surface area (Å²) >= 11 is 3.35. The van der Waals surface area contributed by atoms with E-state index in [1.54, 1.807) is 36.5 Å². The molecule has 0 radical (unpaired) electrons. The number of furan rings is 1. The molecule has 1 aliphatic heterocycles. The summed E-state index contributed by atoms with van der Waals surface area (Å²) in [5, 5.41) is 0.820. The molecule has 2 amide bonds. The Hall–Kier alpha value is -2.47. The van der Waals surface area contributed by atoms with Gasteiger partial charge in [-0.3, -0.25) is 14.5 Å². The Morgan fingerprint density at radius 2 is 1.77 bits per heavy atom. The van der Waals surface area contributed by atoms with Gasteiger partial charge < -0.3 is 4.42 Å². The highest BCUT2D eigenvalue weighted by Gasteiger charge is 2.35. The maximum Gasteiger partial charge on any atom is 0.261 e. The van der Waals surface area contributed by atoms with Crippen LogP contribution in [0.5, 0.6) is 0 Å². The van der Waals surface area contributed by atoms with Crippen LogP contribution in [-0.4, -0.2) is 21.7 Å². The normalized spacial score (nSPS) is 14.0. The lowest BCUT2D eigenvalue weighted by molar-refractivity contribution is 0.0632. The van der Waals surface area contributed by atoms with Crippen LogP contribution < -0.4 is 0 Å². The topological polar surface area (TPSA) is 63.4 Å². The van der Waals surface area contributed by atoms with Crippen molar-refractivity contribution in [3.8, 4) is 0 Å². The standard InChI is InChI=1S/C16H9BrN2O3/c17-10-5-9-6-11(22-14(9)18-7-10)8-19-15(20)12-3-1-2-4-13(12)16(19)21/h1-7H,8H2. The van der Waals surface area contributed by atoms with Gasteiger partial charge in [-0.15, -0.1) is 0 Å². The summed E-state index contributed by atoms with van der Waals surface area (Å²) in [7, 11) is 0. The molecule has 108 valence electrons. The maximum atomic E-state index is 12.3.